The van der Waals surface area contributed by atoms with Gasteiger partial charge in [0, 0.05) is 12.6 Å². The number of nitrogens with zero attached hydrogens (tertiary/aromatic N) is 3. The van der Waals surface area contributed by atoms with E-state index in [1.54, 1.807) is 12.7 Å². The molecular formula is C8H16N4. The van der Waals surface area contributed by atoms with E-state index in [9.17, 15) is 0 Å². The molecule has 1 rings (SSSR count). The molecule has 68 valence electrons. The molecular weight excluding hydrogens is 152 g/mol. The molecule has 1 N–H and O–H groups in total. The lowest BCUT2D eigenvalue weighted by atomic mass is 10.3. The number of aromatic nitrogens is 3. The van der Waals surface area contributed by atoms with Gasteiger partial charge < -0.3 is 5.32 Å². The molecule has 0 amide bonds. The summed E-state index contributed by atoms with van der Waals surface area (Å²) >= 11 is 0. The summed E-state index contributed by atoms with van der Waals surface area (Å²) in [6.07, 6.45) is 4.46. The Bertz CT molecular complexity index is 195. The van der Waals surface area contributed by atoms with Crippen LogP contribution in [0.25, 0.3) is 0 Å². The minimum atomic E-state index is 0.591. The van der Waals surface area contributed by atoms with Crippen LogP contribution in [0, 0.1) is 0 Å². The fraction of sp³-hybridized carbons (Fsp3) is 0.750. The highest BCUT2D eigenvalue weighted by atomic mass is 15.3. The van der Waals surface area contributed by atoms with Gasteiger partial charge in [-0.2, -0.15) is 5.10 Å². The van der Waals surface area contributed by atoms with Crippen LogP contribution < -0.4 is 5.32 Å². The highest BCUT2D eigenvalue weighted by Crippen LogP contribution is 1.87. The predicted molar refractivity (Wildman–Crippen MR) is 47.8 cm³/mol. The number of hydrogen-bond donors (Lipinski definition) is 1. The Morgan fingerprint density at radius 2 is 2.42 bits per heavy atom. The van der Waals surface area contributed by atoms with E-state index in [4.69, 9.17) is 0 Å². The molecule has 4 heteroatoms. The molecule has 1 atom stereocenters. The summed E-state index contributed by atoms with van der Waals surface area (Å²) in [5, 5.41) is 7.39. The third-order valence-electron chi connectivity index (χ3n) is 1.91. The highest BCUT2D eigenvalue weighted by molar-refractivity contribution is 4.60. The largest absolute Gasteiger partial charge is 0.312 e. The van der Waals surface area contributed by atoms with E-state index in [2.05, 4.69) is 29.2 Å². The lowest BCUT2D eigenvalue weighted by Crippen LogP contribution is -2.28. The van der Waals surface area contributed by atoms with Gasteiger partial charge in [-0.1, -0.05) is 6.92 Å². The number of nitrogens with one attached hydrogen (secondary N) is 1. The monoisotopic (exact) mass is 168 g/mol. The summed E-state index contributed by atoms with van der Waals surface area (Å²) in [5.41, 5.74) is 0. The van der Waals surface area contributed by atoms with Gasteiger partial charge in [-0.05, 0) is 13.3 Å². The fourth-order valence-corrected chi connectivity index (χ4v) is 0.918. The van der Waals surface area contributed by atoms with Crippen molar-refractivity contribution in [2.24, 2.45) is 0 Å². The Hall–Kier alpha value is -0.900. The topological polar surface area (TPSA) is 42.7 Å². The van der Waals surface area contributed by atoms with E-state index in [-0.39, 0.29) is 0 Å². The van der Waals surface area contributed by atoms with E-state index < -0.39 is 0 Å². The summed E-state index contributed by atoms with van der Waals surface area (Å²) in [7, 11) is 0. The molecule has 0 aliphatic heterocycles. The molecule has 0 fully saturated rings. The second kappa shape index (κ2) is 4.87. The quantitative estimate of drug-likeness (QED) is 0.702. The van der Waals surface area contributed by atoms with Crippen LogP contribution in [-0.4, -0.2) is 27.4 Å². The van der Waals surface area contributed by atoms with Gasteiger partial charge in [-0.3, -0.25) is 4.68 Å². The maximum absolute atomic E-state index is 4.00. The zero-order chi connectivity index (χ0) is 8.81. The van der Waals surface area contributed by atoms with E-state index in [0.29, 0.717) is 6.04 Å². The Kier molecular flexibility index (Phi) is 3.73. The van der Waals surface area contributed by atoms with Gasteiger partial charge in [-0.15, -0.1) is 0 Å². The normalized spacial score (nSPS) is 13.2. The molecule has 4 nitrogen and oxygen atoms in total. The van der Waals surface area contributed by atoms with Gasteiger partial charge in [0.05, 0.1) is 6.54 Å². The summed E-state index contributed by atoms with van der Waals surface area (Å²) < 4.78 is 1.83. The summed E-state index contributed by atoms with van der Waals surface area (Å²) in [6, 6.07) is 0.591. The van der Waals surface area contributed by atoms with Gasteiger partial charge in [0.15, 0.2) is 0 Å². The SMILES string of the molecule is CCC(C)NCCn1cncn1. The Labute approximate surface area is 73.0 Å². The standard InChI is InChI=1S/C8H16N4/c1-3-8(2)10-4-5-12-7-9-6-11-12/h6-8,10H,3-5H2,1-2H3. The van der Waals surface area contributed by atoms with Gasteiger partial charge in [0.2, 0.25) is 0 Å². The Balaban J connectivity index is 2.11. The predicted octanol–water partition coefficient (Wildman–Crippen LogP) is 0.666. The van der Waals surface area contributed by atoms with Gasteiger partial charge >= 0.3 is 0 Å². The smallest absolute Gasteiger partial charge is 0.137 e. The summed E-state index contributed by atoms with van der Waals surface area (Å²) in [6.45, 7) is 6.21. The van der Waals surface area contributed by atoms with Crippen LogP contribution >= 0.6 is 0 Å². The Morgan fingerprint density at radius 3 is 3.00 bits per heavy atom. The van der Waals surface area contributed by atoms with Crippen molar-refractivity contribution in [2.75, 3.05) is 6.54 Å². The average Bonchev–Trinajstić information content (AvgIpc) is 2.57. The first-order valence-electron chi connectivity index (χ1n) is 4.38. The van der Waals surface area contributed by atoms with Crippen LogP contribution in [0.15, 0.2) is 12.7 Å². The molecule has 0 aromatic carbocycles. The lowest BCUT2D eigenvalue weighted by molar-refractivity contribution is 0.487. The molecule has 1 unspecified atom stereocenters. The molecule has 0 saturated carbocycles. The molecule has 0 bridgehead atoms. The number of rotatable bonds is 5. The minimum Gasteiger partial charge on any atom is -0.312 e. The Morgan fingerprint density at radius 1 is 1.58 bits per heavy atom. The van der Waals surface area contributed by atoms with Crippen LogP contribution in [-0.2, 0) is 6.54 Å². The zero-order valence-electron chi connectivity index (χ0n) is 7.70. The summed E-state index contributed by atoms with van der Waals surface area (Å²) in [4.78, 5) is 3.86. The van der Waals surface area contributed by atoms with Crippen molar-refractivity contribution in [2.45, 2.75) is 32.9 Å². The molecule has 1 aromatic rings. The maximum Gasteiger partial charge on any atom is 0.137 e. The molecule has 0 radical (unpaired) electrons. The van der Waals surface area contributed by atoms with E-state index in [0.717, 1.165) is 19.5 Å². The first-order valence-corrected chi connectivity index (χ1v) is 4.38. The van der Waals surface area contributed by atoms with Gasteiger partial charge in [-0.25, -0.2) is 4.98 Å². The zero-order valence-corrected chi connectivity index (χ0v) is 7.70. The lowest BCUT2D eigenvalue weighted by Gasteiger charge is -2.10. The van der Waals surface area contributed by atoms with Crippen LogP contribution in [0.1, 0.15) is 20.3 Å². The molecule has 1 aromatic heterocycles. The van der Waals surface area contributed by atoms with Crippen LogP contribution in [0.5, 0.6) is 0 Å². The third-order valence-corrected chi connectivity index (χ3v) is 1.91. The second-order valence-electron chi connectivity index (χ2n) is 2.92. The van der Waals surface area contributed by atoms with Crippen LogP contribution in [0.3, 0.4) is 0 Å². The molecule has 12 heavy (non-hydrogen) atoms. The molecule has 0 aliphatic rings. The maximum atomic E-state index is 4.00. The summed E-state index contributed by atoms with van der Waals surface area (Å²) in [5.74, 6) is 0. The van der Waals surface area contributed by atoms with Crippen molar-refractivity contribution in [1.29, 1.82) is 0 Å². The van der Waals surface area contributed by atoms with Crippen molar-refractivity contribution in [3.8, 4) is 0 Å². The molecule has 0 aliphatic carbocycles. The first kappa shape index (κ1) is 9.19. The van der Waals surface area contributed by atoms with Crippen molar-refractivity contribution in [3.05, 3.63) is 12.7 Å². The van der Waals surface area contributed by atoms with Crippen molar-refractivity contribution < 1.29 is 0 Å². The average molecular weight is 168 g/mol. The fourth-order valence-electron chi connectivity index (χ4n) is 0.918. The van der Waals surface area contributed by atoms with Crippen LogP contribution in [0.4, 0.5) is 0 Å². The van der Waals surface area contributed by atoms with Gasteiger partial charge in [0.1, 0.15) is 12.7 Å². The van der Waals surface area contributed by atoms with E-state index in [1.165, 1.54) is 0 Å². The van der Waals surface area contributed by atoms with E-state index >= 15 is 0 Å². The van der Waals surface area contributed by atoms with Crippen molar-refractivity contribution in [1.82, 2.24) is 20.1 Å². The minimum absolute atomic E-state index is 0.591. The molecule has 0 saturated heterocycles. The third kappa shape index (κ3) is 3.00. The first-order chi connectivity index (χ1) is 5.83. The van der Waals surface area contributed by atoms with Crippen LogP contribution in [0.2, 0.25) is 0 Å². The highest BCUT2D eigenvalue weighted by Gasteiger charge is 1.96. The van der Waals surface area contributed by atoms with E-state index in [1.807, 2.05) is 4.68 Å². The molecule has 1 heterocycles. The number of hydrogen-bond acceptors (Lipinski definition) is 3. The van der Waals surface area contributed by atoms with Crippen molar-refractivity contribution >= 4 is 0 Å². The second-order valence-corrected chi connectivity index (χ2v) is 2.92. The molecule has 0 spiro atoms. The van der Waals surface area contributed by atoms with Crippen molar-refractivity contribution in [3.63, 3.8) is 0 Å². The van der Waals surface area contributed by atoms with Gasteiger partial charge in [0.25, 0.3) is 0 Å².